The summed E-state index contributed by atoms with van der Waals surface area (Å²) in [6, 6.07) is 14.6. The summed E-state index contributed by atoms with van der Waals surface area (Å²) in [5, 5.41) is 8.36. The summed E-state index contributed by atoms with van der Waals surface area (Å²) in [4.78, 5) is 21.6. The molecule has 0 aromatic heterocycles. The van der Waals surface area contributed by atoms with Gasteiger partial charge in [0.1, 0.15) is 17.1 Å². The highest BCUT2D eigenvalue weighted by atomic mass is 16.6. The van der Waals surface area contributed by atoms with Crippen LogP contribution in [0.2, 0.25) is 0 Å². The molecular formula is C24H28O6. The second kappa shape index (κ2) is 12.1. The van der Waals surface area contributed by atoms with Gasteiger partial charge in [-0.25, -0.2) is 9.59 Å². The largest absolute Gasteiger partial charge is 0.497 e. The highest BCUT2D eigenvalue weighted by Crippen LogP contribution is 2.13. The maximum absolute atomic E-state index is 11.4. The first-order valence-corrected chi connectivity index (χ1v) is 9.23. The standard InChI is InChI=1S/C14H18O3.C10H10O3/c1-14(2,3)17-13(15)10-7-11-5-8-12(16-4)9-6-11;1-13-9-5-2-8(3-6-9)4-7-10(11)12/h5-10H,1-4H3;2-7H,1H3,(H,11,12)/b10-7+;7-4+. The molecule has 1 N–H and O–H groups in total. The number of hydrogen-bond donors (Lipinski definition) is 1. The van der Waals surface area contributed by atoms with Crippen molar-refractivity contribution >= 4 is 24.1 Å². The number of rotatable bonds is 6. The zero-order valence-electron chi connectivity index (χ0n) is 17.9. The monoisotopic (exact) mass is 412 g/mol. The molecule has 6 heteroatoms. The van der Waals surface area contributed by atoms with E-state index in [-0.39, 0.29) is 5.97 Å². The number of aliphatic carboxylic acids is 1. The van der Waals surface area contributed by atoms with Crippen LogP contribution in [0.15, 0.2) is 60.7 Å². The Labute approximate surface area is 177 Å². The van der Waals surface area contributed by atoms with Gasteiger partial charge in [-0.05, 0) is 68.3 Å². The molecule has 6 nitrogen and oxygen atoms in total. The molecule has 0 aliphatic heterocycles. The van der Waals surface area contributed by atoms with E-state index >= 15 is 0 Å². The molecule has 0 aliphatic carbocycles. The van der Waals surface area contributed by atoms with Crippen LogP contribution in [0.1, 0.15) is 31.9 Å². The Hall–Kier alpha value is -3.54. The first-order chi connectivity index (χ1) is 14.1. The Morgan fingerprint density at radius 2 is 1.17 bits per heavy atom. The molecule has 0 saturated carbocycles. The van der Waals surface area contributed by atoms with Crippen molar-refractivity contribution in [2.75, 3.05) is 14.2 Å². The molecule has 2 rings (SSSR count). The molecule has 2 aromatic carbocycles. The minimum atomic E-state index is -0.948. The summed E-state index contributed by atoms with van der Waals surface area (Å²) in [5.74, 6) is 0.260. The molecule has 0 aliphatic rings. The van der Waals surface area contributed by atoms with E-state index in [1.165, 1.54) is 12.2 Å². The van der Waals surface area contributed by atoms with Gasteiger partial charge >= 0.3 is 11.9 Å². The molecule has 0 heterocycles. The molecule has 0 fully saturated rings. The molecule has 160 valence electrons. The molecular weight excluding hydrogens is 384 g/mol. The third-order valence-corrected chi connectivity index (χ3v) is 3.47. The zero-order chi connectivity index (χ0) is 22.6. The van der Waals surface area contributed by atoms with Gasteiger partial charge in [-0.3, -0.25) is 0 Å². The third kappa shape index (κ3) is 10.7. The summed E-state index contributed by atoms with van der Waals surface area (Å²) < 4.78 is 15.2. The molecule has 0 amide bonds. The van der Waals surface area contributed by atoms with Crippen molar-refractivity contribution < 1.29 is 28.9 Å². The first kappa shape index (κ1) is 24.5. The number of esters is 1. The quantitative estimate of drug-likeness (QED) is 0.540. The van der Waals surface area contributed by atoms with Gasteiger partial charge in [-0.1, -0.05) is 24.3 Å². The maximum Gasteiger partial charge on any atom is 0.331 e. The lowest BCUT2D eigenvalue weighted by molar-refractivity contribution is -0.148. The molecule has 0 unspecified atom stereocenters. The average Bonchev–Trinajstić information content (AvgIpc) is 2.70. The maximum atomic E-state index is 11.4. The van der Waals surface area contributed by atoms with Crippen molar-refractivity contribution in [1.82, 2.24) is 0 Å². The van der Waals surface area contributed by atoms with E-state index in [9.17, 15) is 9.59 Å². The van der Waals surface area contributed by atoms with E-state index in [2.05, 4.69) is 0 Å². The van der Waals surface area contributed by atoms with Crippen molar-refractivity contribution in [3.63, 3.8) is 0 Å². The molecule has 2 aromatic rings. The van der Waals surface area contributed by atoms with Crippen LogP contribution in [-0.4, -0.2) is 36.9 Å². The summed E-state index contributed by atoms with van der Waals surface area (Å²) >= 11 is 0. The van der Waals surface area contributed by atoms with E-state index < -0.39 is 11.6 Å². The van der Waals surface area contributed by atoms with Crippen molar-refractivity contribution in [3.8, 4) is 11.5 Å². The summed E-state index contributed by atoms with van der Waals surface area (Å²) in [7, 11) is 3.20. The van der Waals surface area contributed by atoms with E-state index in [0.717, 1.165) is 28.7 Å². The first-order valence-electron chi connectivity index (χ1n) is 9.23. The Bertz CT molecular complexity index is 856. The van der Waals surface area contributed by atoms with Crippen molar-refractivity contribution in [2.45, 2.75) is 26.4 Å². The highest BCUT2D eigenvalue weighted by molar-refractivity contribution is 5.87. The van der Waals surface area contributed by atoms with Crippen molar-refractivity contribution in [2.24, 2.45) is 0 Å². The van der Waals surface area contributed by atoms with Crippen LogP contribution in [0.4, 0.5) is 0 Å². The number of benzene rings is 2. The van der Waals surface area contributed by atoms with Crippen LogP contribution in [-0.2, 0) is 14.3 Å². The number of carbonyl (C=O) groups is 2. The fourth-order valence-corrected chi connectivity index (χ4v) is 2.10. The minimum absolute atomic E-state index is 0.340. The predicted molar refractivity (Wildman–Crippen MR) is 118 cm³/mol. The zero-order valence-corrected chi connectivity index (χ0v) is 17.9. The number of hydrogen-bond acceptors (Lipinski definition) is 5. The SMILES string of the molecule is COc1ccc(/C=C/C(=O)O)cc1.COc1ccc(/C=C/C(=O)OC(C)(C)C)cc1. The Kier molecular flexibility index (Phi) is 9.89. The van der Waals surface area contributed by atoms with Crippen LogP contribution in [0.5, 0.6) is 11.5 Å². The summed E-state index contributed by atoms with van der Waals surface area (Å²) in [5.41, 5.74) is 1.31. The lowest BCUT2D eigenvalue weighted by atomic mass is 10.2. The molecule has 0 saturated heterocycles. The van der Waals surface area contributed by atoms with Gasteiger partial charge in [-0.15, -0.1) is 0 Å². The van der Waals surface area contributed by atoms with Crippen LogP contribution in [0, 0.1) is 0 Å². The van der Waals surface area contributed by atoms with Gasteiger partial charge < -0.3 is 19.3 Å². The number of ether oxygens (including phenoxy) is 3. The van der Waals surface area contributed by atoms with Gasteiger partial charge in [0.15, 0.2) is 0 Å². The molecule has 0 spiro atoms. The van der Waals surface area contributed by atoms with Gasteiger partial charge in [0, 0.05) is 12.2 Å². The predicted octanol–water partition coefficient (Wildman–Crippen LogP) is 4.84. The Morgan fingerprint density at radius 3 is 1.50 bits per heavy atom. The molecule has 30 heavy (non-hydrogen) atoms. The lowest BCUT2D eigenvalue weighted by Crippen LogP contribution is -2.22. The second-order valence-corrected chi connectivity index (χ2v) is 7.08. The van der Waals surface area contributed by atoms with Crippen molar-refractivity contribution in [3.05, 3.63) is 71.8 Å². The Balaban J connectivity index is 0.000000311. The fraction of sp³-hybridized carbons (Fsp3) is 0.250. The normalized spacial score (nSPS) is 11.0. The number of carboxylic acids is 1. The summed E-state index contributed by atoms with van der Waals surface area (Å²) in [6.45, 7) is 5.52. The molecule has 0 atom stereocenters. The average molecular weight is 412 g/mol. The topological polar surface area (TPSA) is 82.1 Å². The van der Waals surface area contributed by atoms with E-state index in [4.69, 9.17) is 19.3 Å². The highest BCUT2D eigenvalue weighted by Gasteiger charge is 2.13. The lowest BCUT2D eigenvalue weighted by Gasteiger charge is -2.17. The minimum Gasteiger partial charge on any atom is -0.497 e. The molecule has 0 bridgehead atoms. The van der Waals surface area contributed by atoms with Gasteiger partial charge in [0.2, 0.25) is 0 Å². The third-order valence-electron chi connectivity index (χ3n) is 3.47. The van der Waals surface area contributed by atoms with Crippen LogP contribution < -0.4 is 9.47 Å². The fourth-order valence-electron chi connectivity index (χ4n) is 2.10. The Morgan fingerprint density at radius 1 is 0.767 bits per heavy atom. The van der Waals surface area contributed by atoms with Crippen LogP contribution in [0.3, 0.4) is 0 Å². The smallest absolute Gasteiger partial charge is 0.331 e. The van der Waals surface area contributed by atoms with Crippen molar-refractivity contribution in [1.29, 1.82) is 0 Å². The summed E-state index contributed by atoms with van der Waals surface area (Å²) in [6.07, 6.45) is 5.77. The van der Waals surface area contributed by atoms with Crippen LogP contribution >= 0.6 is 0 Å². The molecule has 0 radical (unpaired) electrons. The van der Waals surface area contributed by atoms with Gasteiger partial charge in [0.05, 0.1) is 14.2 Å². The van der Waals surface area contributed by atoms with E-state index in [0.29, 0.717) is 0 Å². The van der Waals surface area contributed by atoms with E-state index in [1.807, 2.05) is 45.0 Å². The second-order valence-electron chi connectivity index (χ2n) is 7.08. The number of methoxy groups -OCH3 is 2. The van der Waals surface area contributed by atoms with E-state index in [1.54, 1.807) is 44.6 Å². The van der Waals surface area contributed by atoms with Crippen LogP contribution in [0.25, 0.3) is 12.2 Å². The van der Waals surface area contributed by atoms with Gasteiger partial charge in [0.25, 0.3) is 0 Å². The number of carboxylic acid groups (broad SMARTS) is 1. The van der Waals surface area contributed by atoms with Gasteiger partial charge in [-0.2, -0.15) is 0 Å². The number of carbonyl (C=O) groups excluding carboxylic acids is 1.